The average Bonchev–Trinajstić information content (AvgIpc) is 3.48. The van der Waals surface area contributed by atoms with E-state index in [0.29, 0.717) is 16.8 Å². The number of hydrogen-bond acceptors (Lipinski definition) is 5. The van der Waals surface area contributed by atoms with Crippen molar-refractivity contribution in [2.45, 2.75) is 67.2 Å². The normalized spacial score (nSPS) is 14.9. The van der Waals surface area contributed by atoms with E-state index in [2.05, 4.69) is 178 Å². The summed E-state index contributed by atoms with van der Waals surface area (Å²) >= 11 is 0. The Balaban J connectivity index is 0.00000148. The molecule has 338 valence electrons. The molecule has 2 heterocycles. The van der Waals surface area contributed by atoms with Gasteiger partial charge >= 0.3 is 0 Å². The fraction of sp³-hybridized carbons (Fsp3) is 0.180. The van der Waals surface area contributed by atoms with Crippen molar-refractivity contribution >= 4 is 56.4 Å². The molecule has 0 radical (unpaired) electrons. The molecule has 0 amide bonds. The van der Waals surface area contributed by atoms with Gasteiger partial charge in [-0.25, -0.2) is 0 Å². The molecule has 2 aliphatic carbocycles. The molecule has 0 saturated heterocycles. The first-order valence-electron chi connectivity index (χ1n) is 23.7. The molecular weight excluding hydrogens is 823 g/mol. The van der Waals surface area contributed by atoms with Crippen LogP contribution in [0, 0.1) is 13.8 Å². The Bertz CT molecular complexity index is 3020. The lowest BCUT2D eigenvalue weighted by Gasteiger charge is -2.31. The molecule has 0 unspecified atom stereocenters. The fourth-order valence-electron chi connectivity index (χ4n) is 9.63. The number of anilines is 4. The average molecular weight is 884 g/mol. The highest BCUT2D eigenvalue weighted by molar-refractivity contribution is 6.00. The Morgan fingerprint density at radius 1 is 0.597 bits per heavy atom. The van der Waals surface area contributed by atoms with Crippen LogP contribution in [0.3, 0.4) is 0 Å². The molecular formula is C61H61N3O3. The largest absolute Gasteiger partial charge is 0.504 e. The van der Waals surface area contributed by atoms with Gasteiger partial charge in [0.2, 0.25) is 5.75 Å². The number of aromatic hydroxyl groups is 3. The van der Waals surface area contributed by atoms with Crippen molar-refractivity contribution in [2.24, 2.45) is 0 Å². The SMILES string of the molecule is C=C1/C=C(/c2ccc(N(c3ccccc3)c3ccccc3)cc2)CCN(C2=CC=CCC=C2)c2ccc(C3=Cc4c(n(-c5c(C)c(O)c(O)c(O)c5C)c5ccccc45)CC3)cc21.CC.CC. The van der Waals surface area contributed by atoms with Gasteiger partial charge in [-0.15, -0.1) is 0 Å². The third kappa shape index (κ3) is 8.75. The maximum absolute atomic E-state index is 10.9. The van der Waals surface area contributed by atoms with Gasteiger partial charge in [0.25, 0.3) is 0 Å². The summed E-state index contributed by atoms with van der Waals surface area (Å²) in [5.41, 5.74) is 17.4. The molecule has 3 aliphatic rings. The monoisotopic (exact) mass is 883 g/mol. The van der Waals surface area contributed by atoms with Crippen LogP contribution in [0.25, 0.3) is 39.4 Å². The van der Waals surface area contributed by atoms with Crippen molar-refractivity contribution in [3.63, 3.8) is 0 Å². The molecule has 0 atom stereocenters. The minimum absolute atomic E-state index is 0.306. The van der Waals surface area contributed by atoms with Crippen LogP contribution >= 0.6 is 0 Å². The van der Waals surface area contributed by atoms with Crippen LogP contribution in [-0.2, 0) is 6.42 Å². The van der Waals surface area contributed by atoms with Crippen molar-refractivity contribution in [3.8, 4) is 22.9 Å². The van der Waals surface area contributed by atoms with Crippen LogP contribution in [-0.4, -0.2) is 26.4 Å². The first-order chi connectivity index (χ1) is 32.8. The number of fused-ring (bicyclic) bond motifs is 4. The Labute approximate surface area is 396 Å². The molecule has 6 heteroatoms. The van der Waals surface area contributed by atoms with Crippen molar-refractivity contribution < 1.29 is 15.3 Å². The van der Waals surface area contributed by atoms with Gasteiger partial charge in [0.15, 0.2) is 11.5 Å². The Morgan fingerprint density at radius 2 is 1.19 bits per heavy atom. The van der Waals surface area contributed by atoms with Crippen LogP contribution in [0.2, 0.25) is 0 Å². The molecule has 7 aromatic rings. The predicted molar refractivity (Wildman–Crippen MR) is 284 cm³/mol. The van der Waals surface area contributed by atoms with Gasteiger partial charge in [0, 0.05) is 68.3 Å². The lowest BCUT2D eigenvalue weighted by molar-refractivity contribution is 0.364. The number of aromatic nitrogens is 1. The first kappa shape index (κ1) is 45.9. The number of phenolic OH excluding ortho intramolecular Hbond substituents is 3. The van der Waals surface area contributed by atoms with E-state index in [1.807, 2.05) is 33.8 Å². The lowest BCUT2D eigenvalue weighted by Crippen LogP contribution is -2.25. The smallest absolute Gasteiger partial charge is 0.200 e. The van der Waals surface area contributed by atoms with E-state index >= 15 is 0 Å². The van der Waals surface area contributed by atoms with Gasteiger partial charge in [0.1, 0.15) is 0 Å². The zero-order valence-corrected chi connectivity index (χ0v) is 39.6. The summed E-state index contributed by atoms with van der Waals surface area (Å²) in [5.74, 6) is -1.10. The van der Waals surface area contributed by atoms with E-state index in [0.717, 1.165) is 99.5 Å². The molecule has 67 heavy (non-hydrogen) atoms. The highest BCUT2D eigenvalue weighted by atomic mass is 16.3. The summed E-state index contributed by atoms with van der Waals surface area (Å²) in [4.78, 5) is 4.73. The van der Waals surface area contributed by atoms with Crippen molar-refractivity contribution in [2.75, 3.05) is 16.3 Å². The number of phenols is 3. The van der Waals surface area contributed by atoms with Gasteiger partial charge in [-0.2, -0.15) is 0 Å². The van der Waals surface area contributed by atoms with Crippen LogP contribution < -0.4 is 9.80 Å². The molecule has 6 aromatic carbocycles. The Hall–Kier alpha value is -7.70. The van der Waals surface area contributed by atoms with E-state index in [4.69, 9.17) is 6.58 Å². The second kappa shape index (κ2) is 20.2. The van der Waals surface area contributed by atoms with Crippen LogP contribution in [0.4, 0.5) is 22.7 Å². The van der Waals surface area contributed by atoms with E-state index in [1.54, 1.807) is 13.8 Å². The Morgan fingerprint density at radius 3 is 1.87 bits per heavy atom. The number of allylic oxidation sites excluding steroid dienone is 8. The van der Waals surface area contributed by atoms with Crippen molar-refractivity contribution in [1.29, 1.82) is 0 Å². The van der Waals surface area contributed by atoms with Gasteiger partial charge in [-0.05, 0) is 140 Å². The van der Waals surface area contributed by atoms with Gasteiger partial charge < -0.3 is 29.7 Å². The summed E-state index contributed by atoms with van der Waals surface area (Å²) in [6.45, 7) is 17.1. The molecule has 3 N–H and O–H groups in total. The molecule has 0 spiro atoms. The zero-order valence-electron chi connectivity index (χ0n) is 39.6. The number of hydrogen-bond donors (Lipinski definition) is 3. The van der Waals surface area contributed by atoms with E-state index in [9.17, 15) is 15.3 Å². The van der Waals surface area contributed by atoms with Gasteiger partial charge in [-0.3, -0.25) is 0 Å². The predicted octanol–water partition coefficient (Wildman–Crippen LogP) is 16.1. The maximum Gasteiger partial charge on any atom is 0.200 e. The van der Waals surface area contributed by atoms with E-state index < -0.39 is 5.75 Å². The van der Waals surface area contributed by atoms with Crippen LogP contribution in [0.5, 0.6) is 17.2 Å². The van der Waals surface area contributed by atoms with E-state index in [-0.39, 0.29) is 11.5 Å². The highest BCUT2D eigenvalue weighted by Crippen LogP contribution is 2.48. The number of benzene rings is 6. The van der Waals surface area contributed by atoms with Gasteiger partial charge in [0.05, 0.1) is 11.2 Å². The maximum atomic E-state index is 10.9. The first-order valence-corrected chi connectivity index (χ1v) is 23.7. The summed E-state index contributed by atoms with van der Waals surface area (Å²) in [5, 5.41) is 33.3. The lowest BCUT2D eigenvalue weighted by atomic mass is 9.88. The molecule has 0 fully saturated rings. The topological polar surface area (TPSA) is 72.1 Å². The molecule has 6 nitrogen and oxygen atoms in total. The summed E-state index contributed by atoms with van der Waals surface area (Å²) < 4.78 is 2.16. The van der Waals surface area contributed by atoms with Crippen LogP contribution in [0.1, 0.15) is 86.0 Å². The third-order valence-electron chi connectivity index (χ3n) is 12.8. The second-order valence-electron chi connectivity index (χ2n) is 16.6. The second-order valence-corrected chi connectivity index (χ2v) is 16.6. The van der Waals surface area contributed by atoms with Crippen LogP contribution in [0.15, 0.2) is 176 Å². The van der Waals surface area contributed by atoms with Gasteiger partial charge in [-0.1, -0.05) is 131 Å². The minimum atomic E-state index is -0.489. The summed E-state index contributed by atoms with van der Waals surface area (Å²) in [7, 11) is 0. The van der Waals surface area contributed by atoms with Crippen molar-refractivity contribution in [1.82, 2.24) is 4.57 Å². The van der Waals surface area contributed by atoms with Crippen molar-refractivity contribution in [3.05, 3.63) is 215 Å². The Kier molecular flexibility index (Phi) is 13.8. The molecule has 0 saturated carbocycles. The molecule has 1 aliphatic heterocycles. The fourth-order valence-corrected chi connectivity index (χ4v) is 9.63. The molecule has 10 rings (SSSR count). The summed E-state index contributed by atoms with van der Waals surface area (Å²) in [6, 6.07) is 45.1. The number of para-hydroxylation sites is 3. The molecule has 1 aromatic heterocycles. The number of nitrogens with zero attached hydrogens (tertiary/aromatic N) is 3. The quantitative estimate of drug-likeness (QED) is 0.139. The van der Waals surface area contributed by atoms with E-state index in [1.165, 1.54) is 16.7 Å². The minimum Gasteiger partial charge on any atom is -0.504 e. The zero-order chi connectivity index (χ0) is 47.2. The molecule has 0 bridgehead atoms. The highest BCUT2D eigenvalue weighted by Gasteiger charge is 2.28. The number of rotatable bonds is 7. The summed E-state index contributed by atoms with van der Waals surface area (Å²) in [6.07, 6.45) is 18.9. The standard InChI is InChI=1S/C57H49N3O3.2C2H6/c1-37-34-43(40-24-28-47(29-25-40)59(45-18-10-6-11-19-45)46-20-12-7-13-21-46)32-33-58(44-16-8-4-5-9-17-44)51-30-26-41(35-49(37)51)42-27-31-53-50(36-42)48-22-14-15-23-52(48)60(53)54-38(2)55(61)57(63)56(62)39(54)3;2*1-2/h4,6-26,28-30,34-36,61-63H,1,5,27,31-33H2,2-3H3;2*1-2H3/b43-34+;;. The third-order valence-corrected chi connectivity index (χ3v) is 12.8.